The van der Waals surface area contributed by atoms with Crippen molar-refractivity contribution in [2.75, 3.05) is 26.9 Å². The highest BCUT2D eigenvalue weighted by molar-refractivity contribution is 6.31. The minimum Gasteiger partial charge on any atom is -0.484 e. The molecule has 0 heterocycles. The molecule has 1 rings (SSSR count). The van der Waals surface area contributed by atoms with Gasteiger partial charge in [0.25, 0.3) is 5.91 Å². The molecule has 0 aliphatic carbocycles. The molecule has 1 aromatic carbocycles. The lowest BCUT2D eigenvalue weighted by Crippen LogP contribution is -2.31. The van der Waals surface area contributed by atoms with E-state index in [9.17, 15) is 4.79 Å². The van der Waals surface area contributed by atoms with Gasteiger partial charge in [-0.1, -0.05) is 17.7 Å². The predicted molar refractivity (Wildman–Crippen MR) is 69.7 cm³/mol. The van der Waals surface area contributed by atoms with Crippen LogP contribution in [0.5, 0.6) is 5.75 Å². The van der Waals surface area contributed by atoms with Crippen LogP contribution in [0.1, 0.15) is 5.56 Å². The number of rotatable bonds is 7. The van der Waals surface area contributed by atoms with Crippen molar-refractivity contribution < 1.29 is 14.3 Å². The topological polar surface area (TPSA) is 73.6 Å². The first-order valence-electron chi connectivity index (χ1n) is 5.54. The van der Waals surface area contributed by atoms with Crippen LogP contribution in [-0.4, -0.2) is 32.8 Å². The number of nitrogens with one attached hydrogen (secondary N) is 1. The maximum absolute atomic E-state index is 11.4. The number of halogens is 1. The predicted octanol–water partition coefficient (Wildman–Crippen LogP) is 0.940. The smallest absolute Gasteiger partial charge is 0.258 e. The minimum atomic E-state index is -0.203. The Morgan fingerprint density at radius 3 is 2.89 bits per heavy atom. The summed E-state index contributed by atoms with van der Waals surface area (Å²) >= 11 is 5.97. The second kappa shape index (κ2) is 7.92. The van der Waals surface area contributed by atoms with Crippen molar-refractivity contribution >= 4 is 17.5 Å². The second-order valence-electron chi connectivity index (χ2n) is 3.59. The number of hydrogen-bond acceptors (Lipinski definition) is 4. The van der Waals surface area contributed by atoms with Gasteiger partial charge in [0.15, 0.2) is 6.61 Å². The average Bonchev–Trinajstić information content (AvgIpc) is 2.37. The molecule has 0 bridgehead atoms. The molecule has 0 fully saturated rings. The van der Waals surface area contributed by atoms with E-state index in [0.29, 0.717) is 30.5 Å². The van der Waals surface area contributed by atoms with Crippen molar-refractivity contribution in [3.05, 3.63) is 28.8 Å². The molecule has 5 nitrogen and oxygen atoms in total. The molecule has 0 aliphatic heterocycles. The molecule has 0 unspecified atom stereocenters. The summed E-state index contributed by atoms with van der Waals surface area (Å²) in [4.78, 5) is 11.4. The van der Waals surface area contributed by atoms with E-state index in [0.717, 1.165) is 5.56 Å². The van der Waals surface area contributed by atoms with Gasteiger partial charge in [-0.3, -0.25) is 4.79 Å². The molecule has 0 atom stereocenters. The first kappa shape index (κ1) is 14.8. The average molecular weight is 273 g/mol. The highest BCUT2D eigenvalue weighted by atomic mass is 35.5. The van der Waals surface area contributed by atoms with Crippen LogP contribution in [0.25, 0.3) is 0 Å². The highest BCUT2D eigenvalue weighted by Gasteiger charge is 2.04. The van der Waals surface area contributed by atoms with Crippen LogP contribution in [0.3, 0.4) is 0 Å². The number of ether oxygens (including phenoxy) is 2. The lowest BCUT2D eigenvalue weighted by Gasteiger charge is -2.08. The van der Waals surface area contributed by atoms with Crippen LogP contribution in [0.2, 0.25) is 5.02 Å². The van der Waals surface area contributed by atoms with Crippen LogP contribution in [0.4, 0.5) is 0 Å². The van der Waals surface area contributed by atoms with E-state index < -0.39 is 0 Å². The fourth-order valence-electron chi connectivity index (χ4n) is 1.28. The molecule has 1 amide bonds. The molecular formula is C12H17ClN2O3. The lowest BCUT2D eigenvalue weighted by atomic mass is 10.2. The van der Waals surface area contributed by atoms with Gasteiger partial charge in [0.1, 0.15) is 5.75 Å². The Labute approximate surface area is 111 Å². The van der Waals surface area contributed by atoms with Gasteiger partial charge in [0, 0.05) is 25.2 Å². The fourth-order valence-corrected chi connectivity index (χ4v) is 1.52. The van der Waals surface area contributed by atoms with Crippen LogP contribution in [-0.2, 0) is 16.1 Å². The number of nitrogens with two attached hydrogens (primary N) is 1. The van der Waals surface area contributed by atoms with E-state index in [1.807, 2.05) is 0 Å². The lowest BCUT2D eigenvalue weighted by molar-refractivity contribution is -0.123. The summed E-state index contributed by atoms with van der Waals surface area (Å²) in [7, 11) is 1.57. The first-order valence-corrected chi connectivity index (χ1v) is 5.92. The molecule has 0 aromatic heterocycles. The molecule has 0 aliphatic rings. The van der Waals surface area contributed by atoms with E-state index in [-0.39, 0.29) is 12.5 Å². The van der Waals surface area contributed by atoms with E-state index in [2.05, 4.69) is 5.32 Å². The molecule has 3 N–H and O–H groups in total. The summed E-state index contributed by atoms with van der Waals surface area (Å²) < 4.78 is 10.1. The summed E-state index contributed by atoms with van der Waals surface area (Å²) in [6.45, 7) is 1.26. The number of carbonyl (C=O) groups is 1. The van der Waals surface area contributed by atoms with E-state index in [1.54, 1.807) is 25.3 Å². The third-order valence-electron chi connectivity index (χ3n) is 2.24. The molecule has 6 heteroatoms. The van der Waals surface area contributed by atoms with Gasteiger partial charge in [-0.2, -0.15) is 0 Å². The Kier molecular flexibility index (Phi) is 6.49. The number of methoxy groups -OCH3 is 1. The van der Waals surface area contributed by atoms with Gasteiger partial charge in [0.2, 0.25) is 0 Å². The SMILES string of the molecule is COCCNC(=O)COc1ccc(CN)c(Cl)c1. The third kappa shape index (κ3) is 4.91. The summed E-state index contributed by atoms with van der Waals surface area (Å²) in [5.74, 6) is 0.338. The zero-order valence-electron chi connectivity index (χ0n) is 10.2. The van der Waals surface area contributed by atoms with Crippen molar-refractivity contribution in [1.82, 2.24) is 5.32 Å². The first-order chi connectivity index (χ1) is 8.67. The van der Waals surface area contributed by atoms with E-state index in [4.69, 9.17) is 26.8 Å². The Morgan fingerprint density at radius 1 is 1.50 bits per heavy atom. The summed E-state index contributed by atoms with van der Waals surface area (Å²) in [6.07, 6.45) is 0. The number of carbonyl (C=O) groups excluding carboxylic acids is 1. The van der Waals surface area contributed by atoms with Crippen LogP contribution >= 0.6 is 11.6 Å². The Bertz CT molecular complexity index is 399. The van der Waals surface area contributed by atoms with E-state index >= 15 is 0 Å². The van der Waals surface area contributed by atoms with Gasteiger partial charge in [-0.05, 0) is 17.7 Å². The molecule has 0 saturated carbocycles. The maximum atomic E-state index is 11.4. The van der Waals surface area contributed by atoms with Crippen molar-refractivity contribution in [2.24, 2.45) is 5.73 Å². The van der Waals surface area contributed by atoms with Crippen molar-refractivity contribution in [3.8, 4) is 5.75 Å². The van der Waals surface area contributed by atoms with Crippen molar-refractivity contribution in [3.63, 3.8) is 0 Å². The van der Waals surface area contributed by atoms with Gasteiger partial charge in [-0.25, -0.2) is 0 Å². The van der Waals surface area contributed by atoms with Gasteiger partial charge in [0.05, 0.1) is 6.61 Å². The van der Waals surface area contributed by atoms with Crippen LogP contribution in [0.15, 0.2) is 18.2 Å². The highest BCUT2D eigenvalue weighted by Crippen LogP contribution is 2.21. The van der Waals surface area contributed by atoms with Crippen molar-refractivity contribution in [2.45, 2.75) is 6.54 Å². The summed E-state index contributed by atoms with van der Waals surface area (Å²) in [5.41, 5.74) is 6.33. The Balaban J connectivity index is 2.39. The van der Waals surface area contributed by atoms with Crippen molar-refractivity contribution in [1.29, 1.82) is 0 Å². The Hall–Kier alpha value is -1.30. The number of hydrogen-bond donors (Lipinski definition) is 2. The molecule has 1 aromatic rings. The fraction of sp³-hybridized carbons (Fsp3) is 0.417. The largest absolute Gasteiger partial charge is 0.484 e. The van der Waals surface area contributed by atoms with Crippen LogP contribution < -0.4 is 15.8 Å². The number of amides is 1. The van der Waals surface area contributed by atoms with Gasteiger partial charge >= 0.3 is 0 Å². The zero-order chi connectivity index (χ0) is 13.4. The monoisotopic (exact) mass is 272 g/mol. The molecular weight excluding hydrogens is 256 g/mol. The van der Waals surface area contributed by atoms with E-state index in [1.165, 1.54) is 0 Å². The Morgan fingerprint density at radius 2 is 2.28 bits per heavy atom. The molecule has 18 heavy (non-hydrogen) atoms. The normalized spacial score (nSPS) is 10.2. The molecule has 0 spiro atoms. The third-order valence-corrected chi connectivity index (χ3v) is 2.59. The summed E-state index contributed by atoms with van der Waals surface area (Å²) in [6, 6.07) is 5.16. The van der Waals surface area contributed by atoms with Crippen LogP contribution in [0, 0.1) is 0 Å². The minimum absolute atomic E-state index is 0.0536. The quantitative estimate of drug-likeness (QED) is 0.725. The molecule has 0 radical (unpaired) electrons. The maximum Gasteiger partial charge on any atom is 0.258 e. The molecule has 100 valence electrons. The van der Waals surface area contributed by atoms with Gasteiger partial charge < -0.3 is 20.5 Å². The standard InChI is InChI=1S/C12H17ClN2O3/c1-17-5-4-15-12(16)8-18-10-3-2-9(7-14)11(13)6-10/h2-3,6H,4-5,7-8,14H2,1H3,(H,15,16). The van der Waals surface area contributed by atoms with Gasteiger partial charge in [-0.15, -0.1) is 0 Å². The summed E-state index contributed by atoms with van der Waals surface area (Å²) in [5, 5.41) is 3.19. The second-order valence-corrected chi connectivity index (χ2v) is 4.00. The zero-order valence-corrected chi connectivity index (χ0v) is 11.0. The molecule has 0 saturated heterocycles. The number of benzene rings is 1.